The molecule has 0 saturated carbocycles. The van der Waals surface area contributed by atoms with Crippen molar-refractivity contribution in [3.8, 4) is 34.5 Å². The molecule has 0 heterocycles. The predicted octanol–water partition coefficient (Wildman–Crippen LogP) is 9.87. The number of hydrogen-bond acceptors (Lipinski definition) is 10. The number of aromatic hydroxyl groups is 2. The van der Waals surface area contributed by atoms with Crippen molar-refractivity contribution in [2.24, 2.45) is 0 Å². The van der Waals surface area contributed by atoms with Gasteiger partial charge in [-0.15, -0.1) is 0 Å². The summed E-state index contributed by atoms with van der Waals surface area (Å²) in [5.41, 5.74) is 3.92. The summed E-state index contributed by atoms with van der Waals surface area (Å²) in [6.45, 7) is 8.27. The van der Waals surface area contributed by atoms with Crippen LogP contribution < -0.4 is 18.9 Å². The van der Waals surface area contributed by atoms with Gasteiger partial charge in [0.25, 0.3) is 0 Å². The van der Waals surface area contributed by atoms with E-state index in [1.54, 1.807) is 48.5 Å². The van der Waals surface area contributed by atoms with Gasteiger partial charge in [-0.05, 0) is 126 Å². The average molecular weight is 793 g/mol. The summed E-state index contributed by atoms with van der Waals surface area (Å²) in [4.78, 5) is 50.5. The van der Waals surface area contributed by atoms with Crippen molar-refractivity contribution in [1.29, 1.82) is 0 Å². The Balaban J connectivity index is 0.903. The highest BCUT2D eigenvalue weighted by molar-refractivity contribution is 5.92. The minimum Gasteiger partial charge on any atom is -0.508 e. The zero-order valence-electron chi connectivity index (χ0n) is 33.1. The first-order chi connectivity index (χ1) is 28.2. The first-order valence-electron chi connectivity index (χ1n) is 19.0. The van der Waals surface area contributed by atoms with Crippen LogP contribution in [0.25, 0.3) is 0 Å². The zero-order valence-corrected chi connectivity index (χ0v) is 33.1. The third-order valence-corrected chi connectivity index (χ3v) is 10.2. The van der Waals surface area contributed by atoms with E-state index in [1.807, 2.05) is 48.5 Å². The molecule has 59 heavy (non-hydrogen) atoms. The molecule has 6 rings (SSSR count). The van der Waals surface area contributed by atoms with Gasteiger partial charge >= 0.3 is 23.9 Å². The Labute approximate surface area is 342 Å². The lowest BCUT2D eigenvalue weighted by atomic mass is 9.78. The highest BCUT2D eigenvalue weighted by Crippen LogP contribution is 2.35. The van der Waals surface area contributed by atoms with Crippen LogP contribution in [0.5, 0.6) is 34.5 Å². The van der Waals surface area contributed by atoms with E-state index in [0.29, 0.717) is 11.5 Å². The molecule has 0 spiro atoms. The molecular formula is C49H44O10. The average Bonchev–Trinajstić information content (AvgIpc) is 3.22. The number of esters is 4. The highest BCUT2D eigenvalue weighted by atomic mass is 16.5. The van der Waals surface area contributed by atoms with Crippen LogP contribution in [0, 0.1) is 0 Å². The molecule has 0 amide bonds. The van der Waals surface area contributed by atoms with Crippen LogP contribution in [0.1, 0.15) is 89.9 Å². The number of hydrogen-bond donors (Lipinski definition) is 2. The second kappa shape index (κ2) is 17.9. The molecule has 0 radical (unpaired) electrons. The number of benzene rings is 6. The molecule has 0 aliphatic heterocycles. The van der Waals surface area contributed by atoms with Gasteiger partial charge in [-0.25, -0.2) is 9.59 Å². The molecule has 0 unspecified atom stereocenters. The summed E-state index contributed by atoms with van der Waals surface area (Å²) >= 11 is 0. The van der Waals surface area contributed by atoms with Crippen LogP contribution in [0.3, 0.4) is 0 Å². The molecular weight excluding hydrogens is 749 g/mol. The van der Waals surface area contributed by atoms with Gasteiger partial charge in [0.1, 0.15) is 34.5 Å². The maximum Gasteiger partial charge on any atom is 0.343 e. The number of phenols is 2. The predicted molar refractivity (Wildman–Crippen MR) is 221 cm³/mol. The van der Waals surface area contributed by atoms with Gasteiger partial charge < -0.3 is 29.2 Å². The first-order valence-corrected chi connectivity index (χ1v) is 19.0. The summed E-state index contributed by atoms with van der Waals surface area (Å²) in [5, 5.41) is 19.2. The molecule has 10 nitrogen and oxygen atoms in total. The van der Waals surface area contributed by atoms with E-state index in [-0.39, 0.29) is 64.2 Å². The minimum absolute atomic E-state index is 0.0432. The van der Waals surface area contributed by atoms with Gasteiger partial charge in [0.05, 0.1) is 11.1 Å². The van der Waals surface area contributed by atoms with Crippen LogP contribution in [0.2, 0.25) is 0 Å². The fourth-order valence-corrected chi connectivity index (χ4v) is 6.36. The standard InChI is InChI=1S/C49H44O10/c1-48(2,34-12-20-38(50)21-13-34)36-16-28-42(29-17-36)58-46(54)32-8-24-40(25-9-32)56-44(52)6-5-7-45(53)57-41-26-10-33(11-27-41)47(55)59-43-30-18-37(19-31-43)49(3,4)35-14-22-39(51)23-15-35/h8-31,50-51H,5-7H2,1-4H3. The maximum absolute atomic E-state index is 12.8. The maximum atomic E-state index is 12.8. The van der Waals surface area contributed by atoms with E-state index in [0.717, 1.165) is 22.3 Å². The molecule has 0 aliphatic rings. The fraction of sp³-hybridized carbons (Fsp3) is 0.184. The molecule has 0 fully saturated rings. The molecule has 10 heteroatoms. The third kappa shape index (κ3) is 10.6. The molecule has 0 aromatic heterocycles. The van der Waals surface area contributed by atoms with Gasteiger partial charge in [-0.1, -0.05) is 76.2 Å². The van der Waals surface area contributed by atoms with Crippen molar-refractivity contribution in [2.45, 2.75) is 57.8 Å². The molecule has 6 aromatic carbocycles. The summed E-state index contributed by atoms with van der Waals surface area (Å²) in [5.74, 6) is -0.635. The SMILES string of the molecule is CC(C)(c1ccc(O)cc1)c1ccc(OC(=O)c2ccc(OC(=O)CCCC(=O)Oc3ccc(C(=O)Oc4ccc(C(C)(C)c5ccc(O)cc5)cc4)cc3)cc2)cc1. The van der Waals surface area contributed by atoms with Crippen molar-refractivity contribution < 1.29 is 48.3 Å². The molecule has 300 valence electrons. The second-order valence-electron chi connectivity index (χ2n) is 15.0. The van der Waals surface area contributed by atoms with E-state index in [1.165, 1.54) is 48.5 Å². The van der Waals surface area contributed by atoms with Gasteiger partial charge in [0.2, 0.25) is 0 Å². The van der Waals surface area contributed by atoms with Crippen LogP contribution in [-0.2, 0) is 20.4 Å². The van der Waals surface area contributed by atoms with Crippen LogP contribution in [-0.4, -0.2) is 34.1 Å². The second-order valence-corrected chi connectivity index (χ2v) is 15.0. The number of ether oxygens (including phenoxy) is 4. The lowest BCUT2D eigenvalue weighted by Gasteiger charge is -2.26. The molecule has 2 N–H and O–H groups in total. The van der Waals surface area contributed by atoms with Gasteiger partial charge in [-0.3, -0.25) is 9.59 Å². The number of carbonyl (C=O) groups excluding carboxylic acids is 4. The lowest BCUT2D eigenvalue weighted by molar-refractivity contribution is -0.136. The Morgan fingerprint density at radius 3 is 0.949 bits per heavy atom. The summed E-state index contributed by atoms with van der Waals surface area (Å²) < 4.78 is 21.8. The van der Waals surface area contributed by atoms with Crippen molar-refractivity contribution >= 4 is 23.9 Å². The molecule has 0 atom stereocenters. The zero-order chi connectivity index (χ0) is 42.2. The van der Waals surface area contributed by atoms with E-state index in [2.05, 4.69) is 27.7 Å². The van der Waals surface area contributed by atoms with Gasteiger partial charge in [0, 0.05) is 23.7 Å². The Morgan fingerprint density at radius 1 is 0.390 bits per heavy atom. The first kappa shape index (κ1) is 41.4. The normalized spacial score (nSPS) is 11.3. The lowest BCUT2D eigenvalue weighted by Crippen LogP contribution is -2.18. The van der Waals surface area contributed by atoms with Crippen LogP contribution in [0.15, 0.2) is 146 Å². The molecule has 0 bridgehead atoms. The fourth-order valence-electron chi connectivity index (χ4n) is 6.36. The number of rotatable bonds is 14. The summed E-state index contributed by atoms with van der Waals surface area (Å²) in [7, 11) is 0. The Hall–Kier alpha value is -7.20. The van der Waals surface area contributed by atoms with Crippen molar-refractivity contribution in [3.63, 3.8) is 0 Å². The van der Waals surface area contributed by atoms with Crippen LogP contribution in [0.4, 0.5) is 0 Å². The van der Waals surface area contributed by atoms with Gasteiger partial charge in [0.15, 0.2) is 0 Å². The Kier molecular flexibility index (Phi) is 12.6. The van der Waals surface area contributed by atoms with Crippen molar-refractivity contribution in [3.05, 3.63) is 179 Å². The molecule has 6 aromatic rings. The quantitative estimate of drug-likeness (QED) is 0.0807. The highest BCUT2D eigenvalue weighted by Gasteiger charge is 2.25. The Bertz CT molecular complexity index is 2220. The monoisotopic (exact) mass is 792 g/mol. The van der Waals surface area contributed by atoms with Crippen LogP contribution >= 0.6 is 0 Å². The van der Waals surface area contributed by atoms with E-state index in [4.69, 9.17) is 18.9 Å². The summed E-state index contributed by atoms with van der Waals surface area (Å²) in [6.07, 6.45) is 0.0965. The van der Waals surface area contributed by atoms with Gasteiger partial charge in [-0.2, -0.15) is 0 Å². The van der Waals surface area contributed by atoms with E-state index >= 15 is 0 Å². The van der Waals surface area contributed by atoms with E-state index in [9.17, 15) is 29.4 Å². The topological polar surface area (TPSA) is 146 Å². The van der Waals surface area contributed by atoms with Crippen molar-refractivity contribution in [1.82, 2.24) is 0 Å². The largest absolute Gasteiger partial charge is 0.508 e. The van der Waals surface area contributed by atoms with Crippen molar-refractivity contribution in [2.75, 3.05) is 0 Å². The molecule has 0 saturated heterocycles. The minimum atomic E-state index is -0.573. The number of carbonyl (C=O) groups is 4. The van der Waals surface area contributed by atoms with E-state index < -0.39 is 23.9 Å². The summed E-state index contributed by atoms with van der Waals surface area (Å²) in [6, 6.07) is 40.5. The smallest absolute Gasteiger partial charge is 0.343 e. The third-order valence-electron chi connectivity index (χ3n) is 10.2. The Morgan fingerprint density at radius 2 is 0.644 bits per heavy atom. The molecule has 0 aliphatic carbocycles. The number of phenolic OH excluding ortho intramolecular Hbond substituents is 2.